The van der Waals surface area contributed by atoms with Crippen LogP contribution >= 0.6 is 23.4 Å². The van der Waals surface area contributed by atoms with Crippen molar-refractivity contribution in [3.05, 3.63) is 45.5 Å². The van der Waals surface area contributed by atoms with Crippen LogP contribution in [0.4, 0.5) is 5.69 Å². The van der Waals surface area contributed by atoms with Crippen molar-refractivity contribution in [2.24, 2.45) is 0 Å². The number of hydrogen-bond acceptors (Lipinski definition) is 7. The molecule has 0 unspecified atom stereocenters. The van der Waals surface area contributed by atoms with Crippen LogP contribution in [-0.2, 0) is 0 Å². The lowest BCUT2D eigenvalue weighted by Gasteiger charge is -2.03. The second kappa shape index (κ2) is 5.26. The predicted molar refractivity (Wildman–Crippen MR) is 75.5 cm³/mol. The van der Waals surface area contributed by atoms with Crippen LogP contribution in [0.3, 0.4) is 0 Å². The van der Waals surface area contributed by atoms with Gasteiger partial charge in [-0.2, -0.15) is 0 Å². The van der Waals surface area contributed by atoms with Crippen molar-refractivity contribution >= 4 is 34.7 Å². The van der Waals surface area contributed by atoms with E-state index in [9.17, 15) is 10.1 Å². The zero-order chi connectivity index (χ0) is 15.0. The Morgan fingerprint density at radius 1 is 1.33 bits per heavy atom. The summed E-state index contributed by atoms with van der Waals surface area (Å²) in [7, 11) is 0. The Labute approximate surface area is 127 Å². The van der Waals surface area contributed by atoms with Crippen molar-refractivity contribution in [2.75, 3.05) is 0 Å². The monoisotopic (exact) mass is 322 g/mol. The standard InChI is InChI=1S/C11H7ClN6O2S/c1-6-8(18(19)20)9(14-10(12)13-6)21-11-16-15-7-4-2-3-5-17(7)11/h2-5H,1H3. The number of aromatic nitrogens is 5. The number of pyridine rings is 1. The van der Waals surface area contributed by atoms with Crippen LogP contribution < -0.4 is 0 Å². The fraction of sp³-hybridized carbons (Fsp3) is 0.0909. The highest BCUT2D eigenvalue weighted by atomic mass is 35.5. The zero-order valence-electron chi connectivity index (χ0n) is 10.6. The number of fused-ring (bicyclic) bond motifs is 1. The van der Waals surface area contributed by atoms with E-state index in [0.29, 0.717) is 10.8 Å². The van der Waals surface area contributed by atoms with Crippen LogP contribution in [-0.4, -0.2) is 29.5 Å². The highest BCUT2D eigenvalue weighted by molar-refractivity contribution is 7.99. The van der Waals surface area contributed by atoms with Gasteiger partial charge in [0.15, 0.2) is 10.7 Å². The van der Waals surface area contributed by atoms with Gasteiger partial charge in [0.25, 0.3) is 0 Å². The van der Waals surface area contributed by atoms with Crippen molar-refractivity contribution in [3.8, 4) is 0 Å². The second-order valence-electron chi connectivity index (χ2n) is 4.00. The summed E-state index contributed by atoms with van der Waals surface area (Å²) in [6, 6.07) is 5.42. The lowest BCUT2D eigenvalue weighted by atomic mass is 10.4. The molecule has 0 fully saturated rings. The van der Waals surface area contributed by atoms with Gasteiger partial charge in [-0.1, -0.05) is 6.07 Å². The summed E-state index contributed by atoms with van der Waals surface area (Å²) in [5.74, 6) is 0. The Morgan fingerprint density at radius 3 is 2.90 bits per heavy atom. The maximum atomic E-state index is 11.2. The molecule has 0 aromatic carbocycles. The Bertz CT molecular complexity index is 852. The molecule has 3 rings (SSSR count). The van der Waals surface area contributed by atoms with Gasteiger partial charge >= 0.3 is 5.69 Å². The normalized spacial score (nSPS) is 11.0. The van der Waals surface area contributed by atoms with Crippen LogP contribution in [0.1, 0.15) is 5.69 Å². The summed E-state index contributed by atoms with van der Waals surface area (Å²) in [4.78, 5) is 18.4. The van der Waals surface area contributed by atoms with Crippen LogP contribution in [0.2, 0.25) is 5.28 Å². The molecule has 0 saturated carbocycles. The van der Waals surface area contributed by atoms with Gasteiger partial charge in [-0.25, -0.2) is 9.97 Å². The first-order valence-corrected chi connectivity index (χ1v) is 6.92. The number of halogens is 1. The first-order valence-electron chi connectivity index (χ1n) is 5.72. The molecule has 0 radical (unpaired) electrons. The highest BCUT2D eigenvalue weighted by Gasteiger charge is 2.24. The minimum atomic E-state index is -0.531. The van der Waals surface area contributed by atoms with Crippen LogP contribution in [0.25, 0.3) is 5.65 Å². The summed E-state index contributed by atoms with van der Waals surface area (Å²) in [5.41, 5.74) is 0.660. The maximum absolute atomic E-state index is 11.2. The van der Waals surface area contributed by atoms with E-state index >= 15 is 0 Å². The zero-order valence-corrected chi connectivity index (χ0v) is 12.2. The average molecular weight is 323 g/mol. The molecule has 0 N–H and O–H groups in total. The molecule has 0 aliphatic carbocycles. The SMILES string of the molecule is Cc1nc(Cl)nc(Sc2nnc3ccccn23)c1[N+](=O)[O-]. The summed E-state index contributed by atoms with van der Waals surface area (Å²) in [6.07, 6.45) is 1.76. The minimum absolute atomic E-state index is 0.0468. The predicted octanol–water partition coefficient (Wildman–Crippen LogP) is 2.54. The molecule has 3 heterocycles. The molecule has 0 bridgehead atoms. The van der Waals surface area contributed by atoms with Gasteiger partial charge in [-0.3, -0.25) is 14.5 Å². The molecule has 0 spiro atoms. The molecule has 106 valence electrons. The molecule has 3 aromatic rings. The highest BCUT2D eigenvalue weighted by Crippen LogP contribution is 2.34. The Hall–Kier alpha value is -2.26. The molecule has 0 atom stereocenters. The summed E-state index contributed by atoms with van der Waals surface area (Å²) >= 11 is 6.80. The van der Waals surface area contributed by atoms with E-state index in [0.717, 1.165) is 11.8 Å². The fourth-order valence-corrected chi connectivity index (χ4v) is 2.98. The van der Waals surface area contributed by atoms with E-state index in [4.69, 9.17) is 11.6 Å². The quantitative estimate of drug-likeness (QED) is 0.316. The molecule has 10 heteroatoms. The summed E-state index contributed by atoms with van der Waals surface area (Å²) in [6.45, 7) is 1.51. The fourth-order valence-electron chi connectivity index (χ4n) is 1.76. The second-order valence-corrected chi connectivity index (χ2v) is 5.30. The van der Waals surface area contributed by atoms with Gasteiger partial charge in [-0.05, 0) is 42.4 Å². The van der Waals surface area contributed by atoms with Crippen molar-refractivity contribution in [2.45, 2.75) is 17.1 Å². The first-order chi connectivity index (χ1) is 10.1. The summed E-state index contributed by atoms with van der Waals surface area (Å²) < 4.78 is 1.71. The van der Waals surface area contributed by atoms with E-state index in [1.807, 2.05) is 12.1 Å². The van der Waals surface area contributed by atoms with E-state index in [2.05, 4.69) is 20.2 Å². The molecule has 0 aliphatic heterocycles. The molecular weight excluding hydrogens is 316 g/mol. The molecule has 0 saturated heterocycles. The molecule has 8 nitrogen and oxygen atoms in total. The molecule has 0 aliphatic rings. The van der Waals surface area contributed by atoms with Crippen molar-refractivity contribution in [3.63, 3.8) is 0 Å². The van der Waals surface area contributed by atoms with Crippen molar-refractivity contribution < 1.29 is 4.92 Å². The van der Waals surface area contributed by atoms with Crippen LogP contribution in [0.15, 0.2) is 34.6 Å². The number of nitro groups is 1. The number of nitrogens with zero attached hydrogens (tertiary/aromatic N) is 6. The number of hydrogen-bond donors (Lipinski definition) is 0. The summed E-state index contributed by atoms with van der Waals surface area (Å²) in [5, 5.41) is 19.7. The van der Waals surface area contributed by atoms with E-state index < -0.39 is 4.92 Å². The molecule has 3 aromatic heterocycles. The third kappa shape index (κ3) is 2.52. The largest absolute Gasteiger partial charge is 0.322 e. The van der Waals surface area contributed by atoms with Gasteiger partial charge in [0.2, 0.25) is 10.4 Å². The third-order valence-corrected chi connectivity index (χ3v) is 3.76. The molecular formula is C11H7ClN6O2S. The van der Waals surface area contributed by atoms with Crippen LogP contribution in [0, 0.1) is 17.0 Å². The van der Waals surface area contributed by atoms with Crippen molar-refractivity contribution in [1.82, 2.24) is 24.6 Å². The molecule has 21 heavy (non-hydrogen) atoms. The van der Waals surface area contributed by atoms with Gasteiger partial charge in [0.05, 0.1) is 4.92 Å². The Kier molecular flexibility index (Phi) is 3.43. The average Bonchev–Trinajstić information content (AvgIpc) is 2.81. The van der Waals surface area contributed by atoms with E-state index in [1.165, 1.54) is 6.92 Å². The number of aryl methyl sites for hydroxylation is 1. The lowest BCUT2D eigenvalue weighted by molar-refractivity contribution is -0.389. The third-order valence-electron chi connectivity index (χ3n) is 2.65. The van der Waals surface area contributed by atoms with Crippen LogP contribution in [0.5, 0.6) is 0 Å². The lowest BCUT2D eigenvalue weighted by Crippen LogP contribution is -2.00. The minimum Gasteiger partial charge on any atom is -0.277 e. The topological polar surface area (TPSA) is 99.1 Å². The van der Waals surface area contributed by atoms with Crippen molar-refractivity contribution in [1.29, 1.82) is 0 Å². The maximum Gasteiger partial charge on any atom is 0.322 e. The Morgan fingerprint density at radius 2 is 2.14 bits per heavy atom. The smallest absolute Gasteiger partial charge is 0.277 e. The first kappa shape index (κ1) is 13.7. The van der Waals surface area contributed by atoms with Gasteiger partial charge in [0, 0.05) is 6.20 Å². The molecule has 0 amide bonds. The van der Waals surface area contributed by atoms with E-state index in [1.54, 1.807) is 16.7 Å². The number of rotatable bonds is 3. The van der Waals surface area contributed by atoms with Gasteiger partial charge in [0.1, 0.15) is 5.69 Å². The Balaban J connectivity index is 2.11. The van der Waals surface area contributed by atoms with Gasteiger partial charge in [-0.15, -0.1) is 10.2 Å². The van der Waals surface area contributed by atoms with E-state index in [-0.39, 0.29) is 21.7 Å². The van der Waals surface area contributed by atoms with Gasteiger partial charge < -0.3 is 0 Å².